The maximum Gasteiger partial charge on any atom is 0.274 e. The van der Waals surface area contributed by atoms with Crippen molar-refractivity contribution in [2.75, 3.05) is 20.6 Å². The van der Waals surface area contributed by atoms with Gasteiger partial charge in [-0.05, 0) is 68.7 Å². The maximum absolute atomic E-state index is 12.9. The van der Waals surface area contributed by atoms with Crippen molar-refractivity contribution in [3.63, 3.8) is 0 Å². The van der Waals surface area contributed by atoms with Crippen LogP contribution in [0.5, 0.6) is 0 Å². The van der Waals surface area contributed by atoms with E-state index in [1.165, 1.54) is 48.9 Å². The zero-order chi connectivity index (χ0) is 20.9. The molecule has 1 unspecified atom stereocenters. The third kappa shape index (κ3) is 4.91. The number of nitrogens with one attached hydrogen (secondary N) is 1. The van der Waals surface area contributed by atoms with Crippen LogP contribution in [0, 0.1) is 5.92 Å². The van der Waals surface area contributed by atoms with Gasteiger partial charge in [0.1, 0.15) is 0 Å². The molecule has 0 radical (unpaired) electrons. The number of pyridine rings is 1. The zero-order valence-electron chi connectivity index (χ0n) is 18.4. The highest BCUT2D eigenvalue weighted by atomic mass is 16.2. The van der Waals surface area contributed by atoms with E-state index in [0.717, 1.165) is 38.8 Å². The van der Waals surface area contributed by atoms with Gasteiger partial charge in [-0.15, -0.1) is 0 Å². The fourth-order valence-electron chi connectivity index (χ4n) is 4.98. The first kappa shape index (κ1) is 21.0. The highest BCUT2D eigenvalue weighted by Crippen LogP contribution is 2.30. The van der Waals surface area contributed by atoms with Crippen molar-refractivity contribution in [1.82, 2.24) is 25.0 Å². The Morgan fingerprint density at radius 2 is 1.93 bits per heavy atom. The third-order valence-electron chi connectivity index (χ3n) is 6.71. The van der Waals surface area contributed by atoms with Crippen molar-refractivity contribution in [3.05, 3.63) is 47.0 Å². The molecular formula is C24H35N5O. The molecule has 1 fully saturated rings. The normalized spacial score (nSPS) is 19.5. The van der Waals surface area contributed by atoms with Crippen molar-refractivity contribution >= 4 is 5.91 Å². The summed E-state index contributed by atoms with van der Waals surface area (Å²) < 4.78 is 2.19. The Hall–Kier alpha value is -2.21. The van der Waals surface area contributed by atoms with E-state index in [2.05, 4.69) is 27.1 Å². The van der Waals surface area contributed by atoms with Crippen molar-refractivity contribution in [2.24, 2.45) is 5.92 Å². The number of hydrogen-bond acceptors (Lipinski definition) is 4. The maximum atomic E-state index is 12.9. The molecule has 2 heterocycles. The van der Waals surface area contributed by atoms with E-state index in [1.54, 1.807) is 4.90 Å². The summed E-state index contributed by atoms with van der Waals surface area (Å²) in [5.41, 5.74) is 4.46. The Kier molecular flexibility index (Phi) is 6.82. The molecule has 1 atom stereocenters. The molecule has 0 bridgehead atoms. The summed E-state index contributed by atoms with van der Waals surface area (Å²) in [6.45, 7) is 1.92. The van der Waals surface area contributed by atoms with Crippen LogP contribution in [0.1, 0.15) is 65.8 Å². The predicted octanol–water partition coefficient (Wildman–Crippen LogP) is 3.25. The monoisotopic (exact) mass is 409 g/mol. The van der Waals surface area contributed by atoms with E-state index in [4.69, 9.17) is 5.10 Å². The van der Waals surface area contributed by atoms with Gasteiger partial charge in [0.05, 0.1) is 0 Å². The Bertz CT molecular complexity index is 839. The number of carbonyl (C=O) groups excluding carboxylic acids is 1. The predicted molar refractivity (Wildman–Crippen MR) is 119 cm³/mol. The summed E-state index contributed by atoms with van der Waals surface area (Å²) >= 11 is 0. The molecule has 4 rings (SSSR count). The van der Waals surface area contributed by atoms with Crippen LogP contribution < -0.4 is 5.32 Å². The van der Waals surface area contributed by atoms with Gasteiger partial charge < -0.3 is 10.2 Å². The first-order chi connectivity index (χ1) is 14.6. The van der Waals surface area contributed by atoms with Gasteiger partial charge >= 0.3 is 0 Å². The Labute approximate surface area is 180 Å². The molecule has 0 aliphatic heterocycles. The number of nitrogens with zero attached hydrogens (tertiary/aromatic N) is 4. The van der Waals surface area contributed by atoms with Crippen LogP contribution in [0.2, 0.25) is 0 Å². The summed E-state index contributed by atoms with van der Waals surface area (Å²) in [6, 6.07) is 4.55. The second-order valence-corrected chi connectivity index (χ2v) is 9.16. The molecule has 0 spiro atoms. The van der Waals surface area contributed by atoms with Crippen LogP contribution >= 0.6 is 0 Å². The van der Waals surface area contributed by atoms with Gasteiger partial charge in [-0.3, -0.25) is 14.5 Å². The lowest BCUT2D eigenvalue weighted by Gasteiger charge is -2.26. The molecule has 6 nitrogen and oxygen atoms in total. The summed E-state index contributed by atoms with van der Waals surface area (Å²) in [5.74, 6) is 0.743. The molecule has 2 aromatic rings. The smallest absolute Gasteiger partial charge is 0.274 e. The van der Waals surface area contributed by atoms with Gasteiger partial charge in [-0.25, -0.2) is 0 Å². The standard InChI is InChI=1S/C24H35N5O/c1-28(2)24(30)23-21-16-20(26-15-12-18-10-13-25-14-11-18)8-9-22(21)29(27-23)17-19-6-4-3-5-7-19/h10-11,13-14,19-20,26H,3-9,12,15-17H2,1-2H3. The van der Waals surface area contributed by atoms with Gasteiger partial charge in [0.2, 0.25) is 0 Å². The number of carbonyl (C=O) groups is 1. The molecule has 6 heteroatoms. The average molecular weight is 410 g/mol. The van der Waals surface area contributed by atoms with Crippen LogP contribution in [-0.2, 0) is 25.8 Å². The second-order valence-electron chi connectivity index (χ2n) is 9.16. The molecule has 2 aliphatic rings. The van der Waals surface area contributed by atoms with Gasteiger partial charge in [0, 0.05) is 50.3 Å². The largest absolute Gasteiger partial charge is 0.343 e. The Balaban J connectivity index is 1.45. The average Bonchev–Trinajstić information content (AvgIpc) is 3.12. The second kappa shape index (κ2) is 9.73. The van der Waals surface area contributed by atoms with Crippen molar-refractivity contribution in [3.8, 4) is 0 Å². The molecule has 0 aromatic carbocycles. The minimum absolute atomic E-state index is 0.0334. The molecule has 2 aromatic heterocycles. The van der Waals surface area contributed by atoms with Crippen molar-refractivity contribution in [2.45, 2.75) is 70.4 Å². The number of fused-ring (bicyclic) bond motifs is 1. The first-order valence-corrected chi connectivity index (χ1v) is 11.5. The Morgan fingerprint density at radius 3 is 2.67 bits per heavy atom. The molecule has 162 valence electrons. The third-order valence-corrected chi connectivity index (χ3v) is 6.71. The summed E-state index contributed by atoms with van der Waals surface area (Å²) in [6.07, 6.45) is 14.3. The lowest BCUT2D eigenvalue weighted by Crippen LogP contribution is -2.37. The molecule has 1 saturated carbocycles. The van der Waals surface area contributed by atoms with Crippen LogP contribution in [0.3, 0.4) is 0 Å². The number of aromatic nitrogens is 3. The highest BCUT2D eigenvalue weighted by molar-refractivity contribution is 5.93. The fourth-order valence-corrected chi connectivity index (χ4v) is 4.98. The topological polar surface area (TPSA) is 63.1 Å². The molecule has 0 saturated heterocycles. The highest BCUT2D eigenvalue weighted by Gasteiger charge is 2.30. The van der Waals surface area contributed by atoms with Crippen LogP contribution in [-0.4, -0.2) is 52.3 Å². The Morgan fingerprint density at radius 1 is 1.17 bits per heavy atom. The van der Waals surface area contributed by atoms with Crippen LogP contribution in [0.15, 0.2) is 24.5 Å². The van der Waals surface area contributed by atoms with E-state index in [1.807, 2.05) is 26.5 Å². The quantitative estimate of drug-likeness (QED) is 0.762. The molecule has 2 aliphatic carbocycles. The first-order valence-electron chi connectivity index (χ1n) is 11.5. The van der Waals surface area contributed by atoms with Crippen molar-refractivity contribution < 1.29 is 4.79 Å². The minimum atomic E-state index is 0.0334. The minimum Gasteiger partial charge on any atom is -0.343 e. The number of rotatable bonds is 7. The van der Waals surface area contributed by atoms with E-state index >= 15 is 0 Å². The fraction of sp³-hybridized carbons (Fsp3) is 0.625. The molecular weight excluding hydrogens is 374 g/mol. The van der Waals surface area contributed by atoms with Crippen LogP contribution in [0.4, 0.5) is 0 Å². The van der Waals surface area contributed by atoms with E-state index in [-0.39, 0.29) is 5.91 Å². The zero-order valence-corrected chi connectivity index (χ0v) is 18.4. The summed E-state index contributed by atoms with van der Waals surface area (Å²) in [4.78, 5) is 18.6. The molecule has 30 heavy (non-hydrogen) atoms. The van der Waals surface area contributed by atoms with E-state index < -0.39 is 0 Å². The van der Waals surface area contributed by atoms with Crippen LogP contribution in [0.25, 0.3) is 0 Å². The van der Waals surface area contributed by atoms with Gasteiger partial charge in [-0.2, -0.15) is 5.10 Å². The summed E-state index contributed by atoms with van der Waals surface area (Å²) in [5, 5.41) is 8.57. The van der Waals surface area contributed by atoms with Gasteiger partial charge in [0.25, 0.3) is 5.91 Å². The number of hydrogen-bond donors (Lipinski definition) is 1. The lowest BCUT2D eigenvalue weighted by molar-refractivity contribution is 0.0819. The SMILES string of the molecule is CN(C)C(=O)c1nn(CC2CCCCC2)c2c1CC(NCCc1ccncc1)CC2. The van der Waals surface area contributed by atoms with E-state index in [0.29, 0.717) is 17.7 Å². The lowest BCUT2D eigenvalue weighted by atomic mass is 9.88. The van der Waals surface area contributed by atoms with Gasteiger partial charge in [-0.1, -0.05) is 19.3 Å². The van der Waals surface area contributed by atoms with Gasteiger partial charge in [0.15, 0.2) is 5.69 Å². The number of amides is 1. The summed E-state index contributed by atoms with van der Waals surface area (Å²) in [7, 11) is 3.64. The molecule has 1 amide bonds. The van der Waals surface area contributed by atoms with Crippen molar-refractivity contribution in [1.29, 1.82) is 0 Å². The van der Waals surface area contributed by atoms with E-state index in [9.17, 15) is 4.79 Å². The molecule has 1 N–H and O–H groups in total.